The van der Waals surface area contributed by atoms with Crippen molar-refractivity contribution in [2.24, 2.45) is 0 Å². The molecule has 1 aliphatic rings. The smallest absolute Gasteiger partial charge is 0.293 e. The van der Waals surface area contributed by atoms with Gasteiger partial charge in [0.05, 0.1) is 11.5 Å². The van der Waals surface area contributed by atoms with Gasteiger partial charge in [0.25, 0.3) is 5.69 Å². The van der Waals surface area contributed by atoms with Crippen LogP contribution in [0.4, 0.5) is 16.5 Å². The number of hydrogen-bond donors (Lipinski definition) is 1. The van der Waals surface area contributed by atoms with Gasteiger partial charge in [0.2, 0.25) is 5.91 Å². The Morgan fingerprint density at radius 3 is 2.58 bits per heavy atom. The van der Waals surface area contributed by atoms with Gasteiger partial charge < -0.3 is 10.2 Å². The van der Waals surface area contributed by atoms with Crippen molar-refractivity contribution in [3.63, 3.8) is 0 Å². The summed E-state index contributed by atoms with van der Waals surface area (Å²) in [5.74, 6) is -0.237. The second-order valence-corrected chi connectivity index (χ2v) is 7.21. The van der Waals surface area contributed by atoms with Crippen molar-refractivity contribution in [2.45, 2.75) is 13.8 Å². The first-order chi connectivity index (χ1) is 12.4. The molecule has 1 fully saturated rings. The summed E-state index contributed by atoms with van der Waals surface area (Å²) in [5.41, 5.74) is 1.91. The number of aryl methyl sites for hydroxylation is 2. The molecule has 138 valence electrons. The lowest BCUT2D eigenvalue weighted by atomic mass is 10.1. The van der Waals surface area contributed by atoms with Crippen LogP contribution in [0.1, 0.15) is 11.1 Å². The molecule has 2 heterocycles. The number of amides is 1. The summed E-state index contributed by atoms with van der Waals surface area (Å²) in [5, 5.41) is 16.9. The maximum atomic E-state index is 12.4. The van der Waals surface area contributed by atoms with Crippen molar-refractivity contribution >= 4 is 33.8 Å². The van der Waals surface area contributed by atoms with Crippen molar-refractivity contribution in [2.75, 3.05) is 42.9 Å². The number of benzene rings is 1. The molecule has 1 amide bonds. The molecule has 0 saturated carbocycles. The zero-order valence-electron chi connectivity index (χ0n) is 14.8. The van der Waals surface area contributed by atoms with Crippen molar-refractivity contribution < 1.29 is 9.72 Å². The molecule has 1 aromatic carbocycles. The van der Waals surface area contributed by atoms with E-state index in [-0.39, 0.29) is 23.8 Å². The van der Waals surface area contributed by atoms with Crippen molar-refractivity contribution in [3.8, 4) is 0 Å². The van der Waals surface area contributed by atoms with E-state index in [4.69, 9.17) is 0 Å². The fourth-order valence-corrected chi connectivity index (χ4v) is 3.61. The molecule has 0 atom stereocenters. The fourth-order valence-electron chi connectivity index (χ4n) is 2.91. The first kappa shape index (κ1) is 18.3. The average Bonchev–Trinajstić information content (AvgIpc) is 3.13. The van der Waals surface area contributed by atoms with Crippen LogP contribution in [0.25, 0.3) is 0 Å². The highest BCUT2D eigenvalue weighted by atomic mass is 32.1. The summed E-state index contributed by atoms with van der Waals surface area (Å²) >= 11 is 1.61. The maximum absolute atomic E-state index is 12.4. The lowest BCUT2D eigenvalue weighted by Crippen LogP contribution is -2.48. The fraction of sp³-hybridized carbons (Fsp3) is 0.412. The minimum atomic E-state index is -0.463. The minimum Gasteiger partial charge on any atom is -0.346 e. The average molecular weight is 375 g/mol. The van der Waals surface area contributed by atoms with Gasteiger partial charge in [-0.3, -0.25) is 19.8 Å². The van der Waals surface area contributed by atoms with E-state index in [0.29, 0.717) is 0 Å². The Morgan fingerprint density at radius 2 is 1.96 bits per heavy atom. The van der Waals surface area contributed by atoms with Crippen LogP contribution in [0.2, 0.25) is 0 Å². The summed E-state index contributed by atoms with van der Waals surface area (Å²) in [4.78, 5) is 31.7. The normalized spacial score (nSPS) is 15.1. The van der Waals surface area contributed by atoms with Gasteiger partial charge >= 0.3 is 0 Å². The summed E-state index contributed by atoms with van der Waals surface area (Å²) in [6.07, 6.45) is 1.79. The summed E-state index contributed by atoms with van der Waals surface area (Å²) in [6.45, 7) is 7.03. The van der Waals surface area contributed by atoms with Crippen LogP contribution in [0.15, 0.2) is 23.7 Å². The predicted octanol–water partition coefficient (Wildman–Crippen LogP) is 2.43. The third-order valence-electron chi connectivity index (χ3n) is 4.51. The molecule has 1 aromatic heterocycles. The highest BCUT2D eigenvalue weighted by Gasteiger charge is 2.22. The van der Waals surface area contributed by atoms with E-state index in [1.54, 1.807) is 23.6 Å². The highest BCUT2D eigenvalue weighted by molar-refractivity contribution is 7.13. The highest BCUT2D eigenvalue weighted by Crippen LogP contribution is 2.28. The Morgan fingerprint density at radius 1 is 1.27 bits per heavy atom. The number of nitro benzene ring substituents is 1. The number of piperazine rings is 1. The lowest BCUT2D eigenvalue weighted by Gasteiger charge is -2.34. The number of nitro groups is 1. The molecule has 3 rings (SSSR count). The lowest BCUT2D eigenvalue weighted by molar-refractivity contribution is -0.384. The quantitative estimate of drug-likeness (QED) is 0.637. The number of thiazole rings is 1. The molecule has 8 nitrogen and oxygen atoms in total. The number of carbonyl (C=O) groups is 1. The number of aromatic nitrogens is 1. The molecule has 1 N–H and O–H groups in total. The van der Waals surface area contributed by atoms with Gasteiger partial charge in [-0.05, 0) is 31.0 Å². The second kappa shape index (κ2) is 7.79. The molecule has 9 heteroatoms. The van der Waals surface area contributed by atoms with E-state index in [2.05, 4.69) is 15.2 Å². The van der Waals surface area contributed by atoms with Crippen LogP contribution in [-0.4, -0.2) is 53.4 Å². The summed E-state index contributed by atoms with van der Waals surface area (Å²) in [7, 11) is 0. The molecule has 26 heavy (non-hydrogen) atoms. The third-order valence-corrected chi connectivity index (χ3v) is 5.34. The molecule has 1 saturated heterocycles. The van der Waals surface area contributed by atoms with Gasteiger partial charge in [0, 0.05) is 43.8 Å². The topological polar surface area (TPSA) is 91.6 Å². The SMILES string of the molecule is Cc1cc(NC(=O)CN2CCN(c3nccs3)CC2)c([N+](=O)[O-])cc1C. The Labute approximate surface area is 155 Å². The summed E-state index contributed by atoms with van der Waals surface area (Å²) < 4.78 is 0. The van der Waals surface area contributed by atoms with E-state index in [1.807, 2.05) is 24.1 Å². The van der Waals surface area contributed by atoms with Crippen LogP contribution in [0.5, 0.6) is 0 Å². The Balaban J connectivity index is 1.58. The van der Waals surface area contributed by atoms with Crippen molar-refractivity contribution in [3.05, 3.63) is 45.0 Å². The zero-order valence-corrected chi connectivity index (χ0v) is 15.6. The minimum absolute atomic E-state index is 0.0740. The maximum Gasteiger partial charge on any atom is 0.293 e. The van der Waals surface area contributed by atoms with Crippen LogP contribution >= 0.6 is 11.3 Å². The standard InChI is InChI=1S/C17H21N5O3S/c1-12-9-14(15(22(24)25)10-13(12)2)19-16(23)11-20-4-6-21(7-5-20)17-18-3-8-26-17/h3,8-10H,4-7,11H2,1-2H3,(H,19,23). The molecule has 0 aliphatic carbocycles. The van der Waals surface area contributed by atoms with Gasteiger partial charge in [-0.15, -0.1) is 11.3 Å². The first-order valence-electron chi connectivity index (χ1n) is 8.36. The molecule has 0 radical (unpaired) electrons. The van der Waals surface area contributed by atoms with Gasteiger partial charge in [-0.1, -0.05) is 0 Å². The molecule has 0 bridgehead atoms. The monoisotopic (exact) mass is 375 g/mol. The first-order valence-corrected chi connectivity index (χ1v) is 9.24. The van der Waals surface area contributed by atoms with E-state index in [0.717, 1.165) is 42.4 Å². The number of nitrogens with zero attached hydrogens (tertiary/aromatic N) is 4. The molecular weight excluding hydrogens is 354 g/mol. The Hall–Kier alpha value is -2.52. The number of anilines is 2. The Bertz CT molecular complexity index is 801. The Kier molecular flexibility index (Phi) is 5.48. The van der Waals surface area contributed by atoms with E-state index < -0.39 is 4.92 Å². The van der Waals surface area contributed by atoms with Crippen molar-refractivity contribution in [1.29, 1.82) is 0 Å². The molecular formula is C17H21N5O3S. The number of hydrogen-bond acceptors (Lipinski definition) is 7. The molecule has 1 aliphatic heterocycles. The van der Waals surface area contributed by atoms with Gasteiger partial charge in [-0.2, -0.15) is 0 Å². The van der Waals surface area contributed by atoms with Crippen LogP contribution in [-0.2, 0) is 4.79 Å². The predicted molar refractivity (Wildman–Crippen MR) is 102 cm³/mol. The van der Waals surface area contributed by atoms with E-state index >= 15 is 0 Å². The van der Waals surface area contributed by atoms with Crippen LogP contribution in [0, 0.1) is 24.0 Å². The van der Waals surface area contributed by atoms with Gasteiger partial charge in [0.15, 0.2) is 5.13 Å². The van der Waals surface area contributed by atoms with Crippen molar-refractivity contribution in [1.82, 2.24) is 9.88 Å². The van der Waals surface area contributed by atoms with E-state index in [1.165, 1.54) is 6.07 Å². The molecule has 2 aromatic rings. The second-order valence-electron chi connectivity index (χ2n) is 6.34. The third kappa shape index (κ3) is 4.17. The van der Waals surface area contributed by atoms with Crippen LogP contribution in [0.3, 0.4) is 0 Å². The van der Waals surface area contributed by atoms with Gasteiger partial charge in [0.1, 0.15) is 5.69 Å². The van der Waals surface area contributed by atoms with Gasteiger partial charge in [-0.25, -0.2) is 4.98 Å². The number of carbonyl (C=O) groups excluding carboxylic acids is 1. The largest absolute Gasteiger partial charge is 0.346 e. The van der Waals surface area contributed by atoms with E-state index in [9.17, 15) is 14.9 Å². The zero-order chi connectivity index (χ0) is 18.7. The summed E-state index contributed by atoms with van der Waals surface area (Å²) in [6, 6.07) is 3.16. The molecule has 0 spiro atoms. The van der Waals surface area contributed by atoms with Crippen LogP contribution < -0.4 is 10.2 Å². The number of rotatable bonds is 5. The number of nitrogens with one attached hydrogen (secondary N) is 1. The molecule has 0 unspecified atom stereocenters.